The van der Waals surface area contributed by atoms with Crippen LogP contribution in [0.25, 0.3) is 5.69 Å². The second-order valence-corrected chi connectivity index (χ2v) is 8.30. The molecule has 152 valence electrons. The average Bonchev–Trinajstić information content (AvgIpc) is 3.16. The molecule has 1 N–H and O–H groups in total. The van der Waals surface area contributed by atoms with Crippen LogP contribution >= 0.6 is 0 Å². The Labute approximate surface area is 164 Å². The smallest absolute Gasteiger partial charge is 0.348 e. The predicted octanol–water partition coefficient (Wildman–Crippen LogP) is 3.22. The highest BCUT2D eigenvalue weighted by atomic mass is 32.2. The SMILES string of the molecule is CS(=O)(=O)c1ccc(CNC(=O)c2ccc(-n3ccc(C(F)(F)F)n3)cc2)cc1. The molecular formula is C19H16F3N3O3S. The van der Waals surface area contributed by atoms with Gasteiger partial charge in [0.1, 0.15) is 0 Å². The molecule has 10 heteroatoms. The van der Waals surface area contributed by atoms with Gasteiger partial charge in [0.2, 0.25) is 0 Å². The Morgan fingerprint density at radius 1 is 1.03 bits per heavy atom. The van der Waals surface area contributed by atoms with Crippen LogP contribution < -0.4 is 5.32 Å². The van der Waals surface area contributed by atoms with Gasteiger partial charge in [0.15, 0.2) is 15.5 Å². The number of carbonyl (C=O) groups excluding carboxylic acids is 1. The molecule has 0 fully saturated rings. The van der Waals surface area contributed by atoms with Crippen LogP contribution in [-0.4, -0.2) is 30.4 Å². The maximum Gasteiger partial charge on any atom is 0.435 e. The van der Waals surface area contributed by atoms with Gasteiger partial charge in [-0.05, 0) is 48.0 Å². The Kier molecular flexibility index (Phi) is 5.47. The van der Waals surface area contributed by atoms with Gasteiger partial charge in [-0.2, -0.15) is 18.3 Å². The van der Waals surface area contributed by atoms with E-state index in [9.17, 15) is 26.4 Å². The van der Waals surface area contributed by atoms with Crippen LogP contribution in [0.2, 0.25) is 0 Å². The van der Waals surface area contributed by atoms with E-state index in [1.807, 2.05) is 0 Å². The van der Waals surface area contributed by atoms with Crippen molar-refractivity contribution in [2.24, 2.45) is 0 Å². The van der Waals surface area contributed by atoms with Crippen LogP contribution in [0.5, 0.6) is 0 Å². The van der Waals surface area contributed by atoms with Crippen LogP contribution in [0.1, 0.15) is 21.6 Å². The molecular weight excluding hydrogens is 407 g/mol. The van der Waals surface area contributed by atoms with Crippen molar-refractivity contribution < 1.29 is 26.4 Å². The monoisotopic (exact) mass is 423 g/mol. The van der Waals surface area contributed by atoms with Gasteiger partial charge < -0.3 is 5.32 Å². The Bertz CT molecular complexity index is 1120. The zero-order valence-electron chi connectivity index (χ0n) is 15.1. The van der Waals surface area contributed by atoms with Crippen molar-refractivity contribution in [2.75, 3.05) is 6.26 Å². The van der Waals surface area contributed by atoms with E-state index in [-0.39, 0.29) is 17.3 Å². The number of halogens is 3. The van der Waals surface area contributed by atoms with Gasteiger partial charge in [-0.3, -0.25) is 4.79 Å². The fraction of sp³-hybridized carbons (Fsp3) is 0.158. The lowest BCUT2D eigenvalue weighted by molar-refractivity contribution is -0.141. The summed E-state index contributed by atoms with van der Waals surface area (Å²) < 4.78 is 61.9. The van der Waals surface area contributed by atoms with Crippen LogP contribution in [0.3, 0.4) is 0 Å². The molecule has 0 saturated carbocycles. The van der Waals surface area contributed by atoms with Crippen LogP contribution in [0.4, 0.5) is 13.2 Å². The van der Waals surface area contributed by atoms with E-state index in [2.05, 4.69) is 10.4 Å². The van der Waals surface area contributed by atoms with Crippen LogP contribution in [0, 0.1) is 0 Å². The van der Waals surface area contributed by atoms with Gasteiger partial charge >= 0.3 is 6.18 Å². The fourth-order valence-corrected chi connectivity index (χ4v) is 3.15. The molecule has 1 heterocycles. The first-order valence-electron chi connectivity index (χ1n) is 8.34. The van der Waals surface area contributed by atoms with Crippen LogP contribution in [-0.2, 0) is 22.6 Å². The summed E-state index contributed by atoms with van der Waals surface area (Å²) in [5, 5.41) is 6.17. The number of benzene rings is 2. The van der Waals surface area contributed by atoms with Gasteiger partial charge in [-0.1, -0.05) is 12.1 Å². The maximum atomic E-state index is 12.6. The van der Waals surface area contributed by atoms with Gasteiger partial charge in [-0.25, -0.2) is 13.1 Å². The molecule has 1 amide bonds. The molecule has 1 aromatic heterocycles. The summed E-state index contributed by atoms with van der Waals surface area (Å²) in [5.74, 6) is -0.375. The number of rotatable bonds is 5. The molecule has 0 radical (unpaired) electrons. The number of hydrogen-bond donors (Lipinski definition) is 1. The number of amides is 1. The first-order chi connectivity index (χ1) is 13.5. The van der Waals surface area contributed by atoms with E-state index < -0.39 is 21.7 Å². The number of alkyl halides is 3. The van der Waals surface area contributed by atoms with E-state index in [1.54, 1.807) is 12.1 Å². The van der Waals surface area contributed by atoms with Gasteiger partial charge in [0.05, 0.1) is 10.6 Å². The molecule has 2 aromatic carbocycles. The van der Waals surface area contributed by atoms with Crippen molar-refractivity contribution in [1.29, 1.82) is 0 Å². The quantitative estimate of drug-likeness (QED) is 0.683. The summed E-state index contributed by atoms with van der Waals surface area (Å²) in [6.07, 6.45) is -2.22. The Hall–Kier alpha value is -3.14. The van der Waals surface area contributed by atoms with Gasteiger partial charge in [0, 0.05) is 24.6 Å². The van der Waals surface area contributed by atoms with Crippen LogP contribution in [0.15, 0.2) is 65.7 Å². The van der Waals surface area contributed by atoms with Crippen molar-refractivity contribution in [1.82, 2.24) is 15.1 Å². The molecule has 0 aliphatic rings. The van der Waals surface area contributed by atoms with E-state index in [0.29, 0.717) is 11.3 Å². The molecule has 0 aliphatic heterocycles. The zero-order chi connectivity index (χ0) is 21.2. The number of aromatic nitrogens is 2. The van der Waals surface area contributed by atoms with E-state index in [4.69, 9.17) is 0 Å². The minimum Gasteiger partial charge on any atom is -0.348 e. The lowest BCUT2D eigenvalue weighted by Crippen LogP contribution is -2.22. The average molecular weight is 423 g/mol. The number of carbonyl (C=O) groups is 1. The second-order valence-electron chi connectivity index (χ2n) is 6.29. The Balaban J connectivity index is 1.64. The molecule has 3 aromatic rings. The number of sulfone groups is 1. The largest absolute Gasteiger partial charge is 0.435 e. The highest BCUT2D eigenvalue weighted by Gasteiger charge is 2.33. The zero-order valence-corrected chi connectivity index (χ0v) is 16.0. The topological polar surface area (TPSA) is 81.1 Å². The highest BCUT2D eigenvalue weighted by Crippen LogP contribution is 2.27. The number of hydrogen-bond acceptors (Lipinski definition) is 4. The number of nitrogens with one attached hydrogen (secondary N) is 1. The summed E-state index contributed by atoms with van der Waals surface area (Å²) in [6.45, 7) is 0.193. The standard InChI is InChI=1S/C19H16F3N3O3S/c1-29(27,28)16-8-2-13(3-9-16)12-23-18(26)14-4-6-15(7-5-14)25-11-10-17(24-25)19(20,21)22/h2-11H,12H2,1H3,(H,23,26). The molecule has 3 rings (SSSR count). The molecule has 0 spiro atoms. The third-order valence-corrected chi connectivity index (χ3v) is 5.21. The molecule has 0 atom stereocenters. The van der Waals surface area contributed by atoms with Crippen molar-refractivity contribution >= 4 is 15.7 Å². The Morgan fingerprint density at radius 3 is 2.17 bits per heavy atom. The summed E-state index contributed by atoms with van der Waals surface area (Å²) in [6, 6.07) is 12.9. The third kappa shape index (κ3) is 5.02. The number of nitrogens with zero attached hydrogens (tertiary/aromatic N) is 2. The molecule has 6 nitrogen and oxygen atoms in total. The van der Waals surface area contributed by atoms with Crippen molar-refractivity contribution in [2.45, 2.75) is 17.6 Å². The first kappa shape index (κ1) is 20.6. The van der Waals surface area contributed by atoms with Gasteiger partial charge in [0.25, 0.3) is 5.91 Å². The summed E-state index contributed by atoms with van der Waals surface area (Å²) in [5.41, 5.74) is 0.429. The molecule has 0 unspecified atom stereocenters. The van der Waals surface area contributed by atoms with E-state index >= 15 is 0 Å². The predicted molar refractivity (Wildman–Crippen MR) is 99.3 cm³/mol. The summed E-state index contributed by atoms with van der Waals surface area (Å²) in [7, 11) is -3.28. The Morgan fingerprint density at radius 2 is 1.66 bits per heavy atom. The van der Waals surface area contributed by atoms with E-state index in [1.165, 1.54) is 42.6 Å². The molecule has 0 aliphatic carbocycles. The van der Waals surface area contributed by atoms with Crippen molar-refractivity contribution in [3.8, 4) is 5.69 Å². The second kappa shape index (κ2) is 7.70. The minimum atomic E-state index is -4.52. The summed E-state index contributed by atoms with van der Waals surface area (Å²) >= 11 is 0. The summed E-state index contributed by atoms with van der Waals surface area (Å²) in [4.78, 5) is 12.4. The lowest BCUT2D eigenvalue weighted by Gasteiger charge is -2.08. The first-order valence-corrected chi connectivity index (χ1v) is 10.2. The normalized spacial score (nSPS) is 12.0. The lowest BCUT2D eigenvalue weighted by atomic mass is 10.2. The van der Waals surface area contributed by atoms with Crippen molar-refractivity contribution in [3.63, 3.8) is 0 Å². The van der Waals surface area contributed by atoms with Gasteiger partial charge in [-0.15, -0.1) is 0 Å². The molecule has 29 heavy (non-hydrogen) atoms. The van der Waals surface area contributed by atoms with E-state index in [0.717, 1.165) is 22.6 Å². The fourth-order valence-electron chi connectivity index (χ4n) is 2.52. The minimum absolute atomic E-state index is 0.190. The molecule has 0 bridgehead atoms. The maximum absolute atomic E-state index is 12.6. The van der Waals surface area contributed by atoms with Crippen molar-refractivity contribution in [3.05, 3.63) is 77.6 Å². The highest BCUT2D eigenvalue weighted by molar-refractivity contribution is 7.90. The third-order valence-electron chi connectivity index (χ3n) is 4.08. The molecule has 0 saturated heterocycles.